The van der Waals surface area contributed by atoms with Gasteiger partial charge < -0.3 is 19.5 Å². The lowest BCUT2D eigenvalue weighted by Gasteiger charge is -2.19. The van der Waals surface area contributed by atoms with Gasteiger partial charge in [0.1, 0.15) is 22.9 Å². The Labute approximate surface area is 211 Å². The van der Waals surface area contributed by atoms with Gasteiger partial charge in [0.25, 0.3) is 12.3 Å². The van der Waals surface area contributed by atoms with E-state index in [2.05, 4.69) is 20.4 Å². The number of likely N-dealkylation sites (tertiary alicyclic amines) is 1. The molecule has 1 fully saturated rings. The number of carbonyl (C=O) groups excluding carboxylic acids is 1. The van der Waals surface area contributed by atoms with E-state index in [-0.39, 0.29) is 51.9 Å². The Kier molecular flexibility index (Phi) is 6.10. The van der Waals surface area contributed by atoms with Crippen molar-refractivity contribution >= 4 is 28.4 Å². The van der Waals surface area contributed by atoms with Crippen LogP contribution >= 0.6 is 0 Å². The number of methoxy groups -OCH3 is 1. The number of ether oxygens (including phenoxy) is 1. The number of nitrogens with one attached hydrogen (secondary N) is 1. The lowest BCUT2D eigenvalue weighted by atomic mass is 10.1. The molecule has 15 heteroatoms. The van der Waals surface area contributed by atoms with Gasteiger partial charge in [-0.2, -0.15) is 4.98 Å². The molecule has 0 bridgehead atoms. The molecule has 0 saturated carbocycles. The van der Waals surface area contributed by atoms with Gasteiger partial charge in [0, 0.05) is 13.5 Å². The molecule has 0 unspecified atom stereocenters. The van der Waals surface area contributed by atoms with Crippen LogP contribution in [0.5, 0.6) is 5.88 Å². The van der Waals surface area contributed by atoms with Gasteiger partial charge in [0.2, 0.25) is 17.7 Å². The second kappa shape index (κ2) is 9.06. The fraction of sp³-hybridized carbons (Fsp3) is 0.391. The van der Waals surface area contributed by atoms with Gasteiger partial charge in [-0.05, 0) is 24.6 Å². The van der Waals surface area contributed by atoms with Crippen molar-refractivity contribution in [2.75, 3.05) is 25.5 Å². The van der Waals surface area contributed by atoms with Crippen molar-refractivity contribution in [1.82, 2.24) is 29.0 Å². The molecule has 4 aromatic rings. The second-order valence-corrected chi connectivity index (χ2v) is 8.93. The van der Waals surface area contributed by atoms with Gasteiger partial charge in [-0.3, -0.25) is 4.79 Å². The number of carbonyl (C=O) groups is 1. The number of anilines is 1. The highest BCUT2D eigenvalue weighted by atomic mass is 19.3. The number of imidazole rings is 1. The molecule has 1 aliphatic rings. The lowest BCUT2D eigenvalue weighted by molar-refractivity contribution is -0.129. The molecule has 38 heavy (non-hydrogen) atoms. The zero-order valence-corrected chi connectivity index (χ0v) is 20.3. The zero-order chi connectivity index (χ0) is 27.5. The highest BCUT2D eigenvalue weighted by molar-refractivity contribution is 5.90. The molecule has 9 nitrogen and oxygen atoms in total. The van der Waals surface area contributed by atoms with Gasteiger partial charge in [-0.1, -0.05) is 0 Å². The molecular formula is C23H21F6N7O2. The minimum absolute atomic E-state index is 0.0209. The molecule has 1 saturated heterocycles. The molecule has 1 N–H and O–H groups in total. The molecule has 5 rings (SSSR count). The summed E-state index contributed by atoms with van der Waals surface area (Å²) in [6, 6.07) is 0.810. The number of hydrogen-bond donors (Lipinski definition) is 1. The fourth-order valence-electron chi connectivity index (χ4n) is 4.64. The zero-order valence-electron chi connectivity index (χ0n) is 20.3. The summed E-state index contributed by atoms with van der Waals surface area (Å²) in [7, 11) is 1.22. The van der Waals surface area contributed by atoms with E-state index in [0.717, 1.165) is 26.2 Å². The number of nitrogens with zero attached hydrogens (tertiary/aromatic N) is 6. The predicted molar refractivity (Wildman–Crippen MR) is 124 cm³/mol. The van der Waals surface area contributed by atoms with Crippen molar-refractivity contribution < 1.29 is 35.9 Å². The van der Waals surface area contributed by atoms with Crippen LogP contribution in [0.25, 0.3) is 27.7 Å². The number of halogens is 6. The third-order valence-corrected chi connectivity index (χ3v) is 6.42. The molecule has 1 amide bonds. The standard InChI is InChI=1S/C23H21F6N7O2/c1-10-30-19-13(24)4-12(5-15(19)35(10)8-17(26)27)18-14(25)6-36-20(18)21(38-3)32-22(33-36)31-16-7-34(11(2)37)9-23(16,28)29/h4-6,16-17H,7-9H2,1-3H3,(H,31,33)/t16-/m1/s1. The van der Waals surface area contributed by atoms with E-state index < -0.39 is 49.0 Å². The maximum absolute atomic E-state index is 15.3. The summed E-state index contributed by atoms with van der Waals surface area (Å²) < 4.78 is 92.8. The summed E-state index contributed by atoms with van der Waals surface area (Å²) in [5, 5.41) is 6.54. The van der Waals surface area contributed by atoms with E-state index in [1.807, 2.05) is 0 Å². The van der Waals surface area contributed by atoms with E-state index in [1.54, 1.807) is 0 Å². The Hall–Kier alpha value is -4.04. The van der Waals surface area contributed by atoms with Crippen molar-refractivity contribution in [1.29, 1.82) is 0 Å². The maximum atomic E-state index is 15.3. The number of alkyl halides is 4. The Morgan fingerprint density at radius 1 is 1.24 bits per heavy atom. The highest BCUT2D eigenvalue weighted by Crippen LogP contribution is 2.37. The second-order valence-electron chi connectivity index (χ2n) is 8.93. The molecule has 1 aromatic carbocycles. The van der Waals surface area contributed by atoms with Gasteiger partial charge in [-0.25, -0.2) is 35.8 Å². The number of amides is 1. The minimum Gasteiger partial charge on any atom is -0.479 e. The number of aromatic nitrogens is 5. The number of aryl methyl sites for hydroxylation is 1. The van der Waals surface area contributed by atoms with E-state index in [9.17, 15) is 26.7 Å². The number of benzene rings is 1. The molecular weight excluding hydrogens is 520 g/mol. The van der Waals surface area contributed by atoms with E-state index >= 15 is 4.39 Å². The first kappa shape index (κ1) is 25.6. The van der Waals surface area contributed by atoms with E-state index in [0.29, 0.717) is 0 Å². The van der Waals surface area contributed by atoms with Crippen LogP contribution < -0.4 is 10.1 Å². The summed E-state index contributed by atoms with van der Waals surface area (Å²) in [5.41, 5.74) is -0.372. The quantitative estimate of drug-likeness (QED) is 0.373. The Balaban J connectivity index is 1.60. The molecule has 4 heterocycles. The van der Waals surface area contributed by atoms with Crippen LogP contribution in [-0.4, -0.2) is 73.5 Å². The molecule has 1 aliphatic heterocycles. The van der Waals surface area contributed by atoms with Gasteiger partial charge >= 0.3 is 0 Å². The molecule has 0 aliphatic carbocycles. The van der Waals surface area contributed by atoms with Crippen molar-refractivity contribution in [2.24, 2.45) is 0 Å². The molecule has 0 spiro atoms. The summed E-state index contributed by atoms with van der Waals surface area (Å²) in [4.78, 5) is 20.6. The van der Waals surface area contributed by atoms with Gasteiger partial charge in [0.05, 0.1) is 37.5 Å². The van der Waals surface area contributed by atoms with Crippen LogP contribution in [0, 0.1) is 18.6 Å². The van der Waals surface area contributed by atoms with E-state index in [4.69, 9.17) is 4.74 Å². The summed E-state index contributed by atoms with van der Waals surface area (Å²) in [5.74, 6) is -5.92. The Morgan fingerprint density at radius 2 is 1.97 bits per heavy atom. The monoisotopic (exact) mass is 541 g/mol. The van der Waals surface area contributed by atoms with Crippen LogP contribution in [0.3, 0.4) is 0 Å². The Bertz CT molecular complexity index is 1570. The maximum Gasteiger partial charge on any atom is 0.286 e. The summed E-state index contributed by atoms with van der Waals surface area (Å²) >= 11 is 0. The average molecular weight is 541 g/mol. The van der Waals surface area contributed by atoms with Crippen molar-refractivity contribution in [3.05, 3.63) is 35.8 Å². The lowest BCUT2D eigenvalue weighted by Crippen LogP contribution is -2.38. The molecule has 1 atom stereocenters. The van der Waals surface area contributed by atoms with Crippen LogP contribution in [0.1, 0.15) is 12.7 Å². The number of hydrogen-bond acceptors (Lipinski definition) is 6. The van der Waals surface area contributed by atoms with Crippen LogP contribution in [-0.2, 0) is 11.3 Å². The SMILES string of the molecule is COc1nc(N[C@@H]2CN(C(C)=O)CC2(F)F)nn2cc(F)c(-c3cc(F)c4nc(C)n(CC(F)F)c4c3)c12. The first-order chi connectivity index (χ1) is 17.9. The topological polar surface area (TPSA) is 89.6 Å². The van der Waals surface area contributed by atoms with Crippen LogP contribution in [0.15, 0.2) is 18.3 Å². The number of rotatable bonds is 6. The molecule has 202 valence electrons. The normalized spacial score (nSPS) is 17.2. The largest absolute Gasteiger partial charge is 0.479 e. The molecule has 0 radical (unpaired) electrons. The highest BCUT2D eigenvalue weighted by Gasteiger charge is 2.49. The third kappa shape index (κ3) is 4.24. The fourth-order valence-corrected chi connectivity index (χ4v) is 4.64. The van der Waals surface area contributed by atoms with Crippen molar-refractivity contribution in [3.8, 4) is 17.0 Å². The number of fused-ring (bicyclic) bond motifs is 2. The summed E-state index contributed by atoms with van der Waals surface area (Å²) in [6.07, 6.45) is -1.81. The molecule has 3 aromatic heterocycles. The van der Waals surface area contributed by atoms with Crippen LogP contribution in [0.4, 0.5) is 32.3 Å². The first-order valence-electron chi connectivity index (χ1n) is 11.4. The average Bonchev–Trinajstić information content (AvgIpc) is 3.43. The smallest absolute Gasteiger partial charge is 0.286 e. The van der Waals surface area contributed by atoms with Gasteiger partial charge in [0.15, 0.2) is 11.6 Å². The predicted octanol–water partition coefficient (Wildman–Crippen LogP) is 3.88. The Morgan fingerprint density at radius 3 is 2.61 bits per heavy atom. The third-order valence-electron chi connectivity index (χ3n) is 6.42. The van der Waals surface area contributed by atoms with Gasteiger partial charge in [-0.15, -0.1) is 5.10 Å². The van der Waals surface area contributed by atoms with Crippen LogP contribution in [0.2, 0.25) is 0 Å². The van der Waals surface area contributed by atoms with Crippen molar-refractivity contribution in [2.45, 2.75) is 38.8 Å². The first-order valence-corrected chi connectivity index (χ1v) is 11.4. The summed E-state index contributed by atoms with van der Waals surface area (Å²) in [6.45, 7) is 0.805. The minimum atomic E-state index is -3.28. The van der Waals surface area contributed by atoms with E-state index in [1.165, 1.54) is 27.0 Å². The van der Waals surface area contributed by atoms with Crippen molar-refractivity contribution in [3.63, 3.8) is 0 Å².